The van der Waals surface area contributed by atoms with Crippen LogP contribution in [0.5, 0.6) is 5.75 Å². The van der Waals surface area contributed by atoms with Gasteiger partial charge in [-0.1, -0.05) is 13.8 Å². The molecule has 2 aromatic rings. The van der Waals surface area contributed by atoms with Crippen LogP contribution >= 0.6 is 11.3 Å². The van der Waals surface area contributed by atoms with Crippen LogP contribution in [-0.4, -0.2) is 23.3 Å². The first kappa shape index (κ1) is 12.3. The fourth-order valence-corrected chi connectivity index (χ4v) is 2.51. The summed E-state index contributed by atoms with van der Waals surface area (Å²) >= 11 is 1.72. The van der Waals surface area contributed by atoms with Gasteiger partial charge in [0.1, 0.15) is 5.75 Å². The Morgan fingerprint density at radius 3 is 2.94 bits per heavy atom. The van der Waals surface area contributed by atoms with Crippen molar-refractivity contribution in [2.45, 2.75) is 26.2 Å². The smallest absolute Gasteiger partial charge is 0.120 e. The van der Waals surface area contributed by atoms with Gasteiger partial charge in [0.2, 0.25) is 0 Å². The second-order valence-electron chi connectivity index (χ2n) is 4.26. The Morgan fingerprint density at radius 2 is 2.24 bits per heavy atom. The summed E-state index contributed by atoms with van der Waals surface area (Å²) in [6.45, 7) is 5.02. The van der Waals surface area contributed by atoms with E-state index in [9.17, 15) is 0 Å². The van der Waals surface area contributed by atoms with E-state index >= 15 is 0 Å². The molecule has 92 valence electrons. The molecule has 0 unspecified atom stereocenters. The molecule has 0 saturated heterocycles. The Labute approximate surface area is 105 Å². The van der Waals surface area contributed by atoms with E-state index in [0.29, 0.717) is 18.9 Å². The second-order valence-corrected chi connectivity index (χ2v) is 5.32. The van der Waals surface area contributed by atoms with Crippen molar-refractivity contribution >= 4 is 21.6 Å². The monoisotopic (exact) mass is 251 g/mol. The predicted octanol–water partition coefficient (Wildman–Crippen LogP) is 3.18. The molecule has 2 rings (SSSR count). The molecule has 0 atom stereocenters. The molecule has 4 heteroatoms. The number of aromatic nitrogens is 1. The fourth-order valence-electron chi connectivity index (χ4n) is 1.51. The second kappa shape index (κ2) is 5.47. The van der Waals surface area contributed by atoms with Crippen molar-refractivity contribution in [3.63, 3.8) is 0 Å². The van der Waals surface area contributed by atoms with Crippen LogP contribution in [0.4, 0.5) is 0 Å². The number of nitrogens with zero attached hydrogens (tertiary/aromatic N) is 1. The van der Waals surface area contributed by atoms with Crippen molar-refractivity contribution < 1.29 is 9.84 Å². The molecule has 0 bridgehead atoms. The van der Waals surface area contributed by atoms with Gasteiger partial charge in [0.15, 0.2) is 0 Å². The van der Waals surface area contributed by atoms with Crippen molar-refractivity contribution in [2.75, 3.05) is 13.2 Å². The maximum absolute atomic E-state index is 8.69. The molecule has 1 heterocycles. The van der Waals surface area contributed by atoms with Gasteiger partial charge in [-0.15, -0.1) is 11.3 Å². The molecule has 1 N–H and O–H groups in total. The third kappa shape index (κ3) is 2.96. The fraction of sp³-hybridized carbons (Fsp3) is 0.462. The summed E-state index contributed by atoms with van der Waals surface area (Å²) in [5.74, 6) is 1.32. The van der Waals surface area contributed by atoms with E-state index in [0.717, 1.165) is 21.0 Å². The summed E-state index contributed by atoms with van der Waals surface area (Å²) in [6, 6.07) is 5.95. The molecular formula is C13H17NO2S. The standard InChI is InChI=1S/C13H17NO2S/c1-9(2)13-14-11-5-4-10(8-12(11)17-13)16-7-3-6-15/h4-5,8-9,15H,3,6-7H2,1-2H3. The maximum Gasteiger partial charge on any atom is 0.120 e. The molecule has 17 heavy (non-hydrogen) atoms. The molecule has 3 nitrogen and oxygen atoms in total. The average molecular weight is 251 g/mol. The molecule has 0 radical (unpaired) electrons. The van der Waals surface area contributed by atoms with Gasteiger partial charge in [-0.2, -0.15) is 0 Å². The van der Waals surface area contributed by atoms with Crippen molar-refractivity contribution in [3.05, 3.63) is 23.2 Å². The van der Waals surface area contributed by atoms with Gasteiger partial charge in [-0.25, -0.2) is 4.98 Å². The Morgan fingerprint density at radius 1 is 1.41 bits per heavy atom. The highest BCUT2D eigenvalue weighted by molar-refractivity contribution is 7.18. The normalized spacial score (nSPS) is 11.3. The van der Waals surface area contributed by atoms with Gasteiger partial charge in [-0.3, -0.25) is 0 Å². The number of benzene rings is 1. The summed E-state index contributed by atoms with van der Waals surface area (Å²) in [4.78, 5) is 4.57. The first-order valence-electron chi connectivity index (χ1n) is 5.85. The minimum absolute atomic E-state index is 0.167. The summed E-state index contributed by atoms with van der Waals surface area (Å²) in [5.41, 5.74) is 1.04. The number of fused-ring (bicyclic) bond motifs is 1. The average Bonchev–Trinajstić information content (AvgIpc) is 2.72. The minimum atomic E-state index is 0.167. The number of hydrogen-bond acceptors (Lipinski definition) is 4. The Kier molecular flexibility index (Phi) is 3.97. The first-order chi connectivity index (χ1) is 8.20. The highest BCUT2D eigenvalue weighted by Gasteiger charge is 2.07. The number of aliphatic hydroxyl groups is 1. The number of hydrogen-bond donors (Lipinski definition) is 1. The highest BCUT2D eigenvalue weighted by Crippen LogP contribution is 2.29. The van der Waals surface area contributed by atoms with E-state index in [1.807, 2.05) is 18.2 Å². The van der Waals surface area contributed by atoms with Crippen LogP contribution in [-0.2, 0) is 0 Å². The van der Waals surface area contributed by atoms with Crippen LogP contribution in [0.1, 0.15) is 31.2 Å². The lowest BCUT2D eigenvalue weighted by Crippen LogP contribution is -1.99. The Hall–Kier alpha value is -1.13. The van der Waals surface area contributed by atoms with E-state index in [-0.39, 0.29) is 6.61 Å². The lowest BCUT2D eigenvalue weighted by Gasteiger charge is -2.03. The van der Waals surface area contributed by atoms with E-state index < -0.39 is 0 Å². The van der Waals surface area contributed by atoms with Gasteiger partial charge in [-0.05, 0) is 18.2 Å². The van der Waals surface area contributed by atoms with Crippen LogP contribution in [0, 0.1) is 0 Å². The topological polar surface area (TPSA) is 42.4 Å². The first-order valence-corrected chi connectivity index (χ1v) is 6.66. The third-order valence-corrected chi connectivity index (χ3v) is 3.76. The zero-order chi connectivity index (χ0) is 12.3. The number of ether oxygens (including phenoxy) is 1. The van der Waals surface area contributed by atoms with Crippen molar-refractivity contribution in [2.24, 2.45) is 0 Å². The van der Waals surface area contributed by atoms with Crippen LogP contribution < -0.4 is 4.74 Å². The zero-order valence-electron chi connectivity index (χ0n) is 10.1. The number of thiazole rings is 1. The van der Waals surface area contributed by atoms with Crippen molar-refractivity contribution in [1.29, 1.82) is 0 Å². The van der Waals surface area contributed by atoms with E-state index in [2.05, 4.69) is 18.8 Å². The molecule has 0 fully saturated rings. The largest absolute Gasteiger partial charge is 0.493 e. The Balaban J connectivity index is 2.18. The molecule has 0 aliphatic rings. The van der Waals surface area contributed by atoms with Gasteiger partial charge < -0.3 is 9.84 Å². The highest BCUT2D eigenvalue weighted by atomic mass is 32.1. The Bertz CT molecular complexity index is 493. The van der Waals surface area contributed by atoms with Gasteiger partial charge in [0.05, 0.1) is 21.8 Å². The number of rotatable bonds is 5. The van der Waals surface area contributed by atoms with E-state index in [1.165, 1.54) is 0 Å². The van der Waals surface area contributed by atoms with Crippen LogP contribution in [0.15, 0.2) is 18.2 Å². The zero-order valence-corrected chi connectivity index (χ0v) is 11.0. The lowest BCUT2D eigenvalue weighted by molar-refractivity contribution is 0.234. The van der Waals surface area contributed by atoms with Gasteiger partial charge in [0.25, 0.3) is 0 Å². The quantitative estimate of drug-likeness (QED) is 0.830. The van der Waals surface area contributed by atoms with Crippen molar-refractivity contribution in [3.8, 4) is 5.75 Å². The molecule has 0 saturated carbocycles. The summed E-state index contributed by atoms with van der Waals surface area (Å²) in [6.07, 6.45) is 0.665. The minimum Gasteiger partial charge on any atom is -0.493 e. The summed E-state index contributed by atoms with van der Waals surface area (Å²) in [7, 11) is 0. The van der Waals surface area contributed by atoms with Gasteiger partial charge >= 0.3 is 0 Å². The van der Waals surface area contributed by atoms with E-state index in [4.69, 9.17) is 9.84 Å². The lowest BCUT2D eigenvalue weighted by atomic mass is 10.2. The summed E-state index contributed by atoms with van der Waals surface area (Å²) < 4.78 is 6.71. The molecule has 0 amide bonds. The number of aliphatic hydroxyl groups excluding tert-OH is 1. The SMILES string of the molecule is CC(C)c1nc2ccc(OCCCO)cc2s1. The van der Waals surface area contributed by atoms with Crippen LogP contribution in [0.3, 0.4) is 0 Å². The molecule has 1 aromatic heterocycles. The molecule has 0 spiro atoms. The van der Waals surface area contributed by atoms with Crippen LogP contribution in [0.2, 0.25) is 0 Å². The summed E-state index contributed by atoms with van der Waals surface area (Å²) in [5, 5.41) is 9.85. The third-order valence-electron chi connectivity index (χ3n) is 2.44. The molecule has 1 aromatic carbocycles. The maximum atomic E-state index is 8.69. The van der Waals surface area contributed by atoms with Gasteiger partial charge in [0, 0.05) is 18.9 Å². The van der Waals surface area contributed by atoms with Crippen LogP contribution in [0.25, 0.3) is 10.2 Å². The molecule has 0 aliphatic carbocycles. The van der Waals surface area contributed by atoms with Crippen molar-refractivity contribution in [1.82, 2.24) is 4.98 Å². The molecular weight excluding hydrogens is 234 g/mol. The predicted molar refractivity (Wildman–Crippen MR) is 70.9 cm³/mol. The van der Waals surface area contributed by atoms with E-state index in [1.54, 1.807) is 11.3 Å². The molecule has 0 aliphatic heterocycles.